The molecule has 6 heteroatoms. The van der Waals surface area contributed by atoms with Crippen molar-refractivity contribution in [2.24, 2.45) is 0 Å². The van der Waals surface area contributed by atoms with Gasteiger partial charge in [0.1, 0.15) is 6.10 Å². The molecule has 0 bridgehead atoms. The molecule has 94 valence electrons. The zero-order valence-electron chi connectivity index (χ0n) is 9.54. The molecule has 0 saturated heterocycles. The van der Waals surface area contributed by atoms with Gasteiger partial charge in [0.2, 0.25) is 0 Å². The van der Waals surface area contributed by atoms with Crippen LogP contribution in [-0.4, -0.2) is 32.2 Å². The second-order valence-corrected chi connectivity index (χ2v) is 4.92. The molecule has 2 atom stereocenters. The number of pyridine rings is 1. The van der Waals surface area contributed by atoms with Crippen molar-refractivity contribution in [2.75, 3.05) is 11.5 Å². The smallest absolute Gasteiger partial charge is 0.185 e. The first kappa shape index (κ1) is 14.0. The Hall–Kier alpha value is -1.11. The second kappa shape index (κ2) is 6.58. The van der Waals surface area contributed by atoms with Gasteiger partial charge >= 0.3 is 0 Å². The fourth-order valence-electron chi connectivity index (χ4n) is 1.35. The molecule has 2 unspecified atom stereocenters. The summed E-state index contributed by atoms with van der Waals surface area (Å²) in [5.74, 6) is 0.466. The molecule has 1 aromatic heterocycles. The second-order valence-electron chi connectivity index (χ2n) is 3.65. The van der Waals surface area contributed by atoms with Gasteiger partial charge in [-0.15, -0.1) is 0 Å². The van der Waals surface area contributed by atoms with Crippen molar-refractivity contribution in [3.63, 3.8) is 0 Å². The molecule has 1 heterocycles. The fourth-order valence-corrected chi connectivity index (χ4v) is 2.00. The highest BCUT2D eigenvalue weighted by Crippen LogP contribution is 2.24. The van der Waals surface area contributed by atoms with Crippen molar-refractivity contribution < 1.29 is 15.0 Å². The van der Waals surface area contributed by atoms with Gasteiger partial charge in [-0.1, -0.05) is 11.8 Å². The number of thioether (sulfide) groups is 1. The lowest BCUT2D eigenvalue weighted by atomic mass is 10.0. The van der Waals surface area contributed by atoms with Crippen LogP contribution in [0.4, 0.5) is 5.69 Å². The summed E-state index contributed by atoms with van der Waals surface area (Å²) in [6.07, 6.45) is 1.24. The van der Waals surface area contributed by atoms with Crippen molar-refractivity contribution in [1.82, 2.24) is 4.98 Å². The number of aliphatic hydroxyl groups excluding tert-OH is 2. The van der Waals surface area contributed by atoms with Crippen LogP contribution in [0.1, 0.15) is 25.0 Å². The highest BCUT2D eigenvalue weighted by Gasteiger charge is 2.20. The van der Waals surface area contributed by atoms with Crippen LogP contribution in [0.25, 0.3) is 0 Å². The minimum absolute atomic E-state index is 0.00687. The highest BCUT2D eigenvalue weighted by atomic mass is 32.2. The molecule has 5 nitrogen and oxygen atoms in total. The Morgan fingerprint density at radius 1 is 1.59 bits per heavy atom. The summed E-state index contributed by atoms with van der Waals surface area (Å²) >= 11 is 1.12. The van der Waals surface area contributed by atoms with Crippen molar-refractivity contribution in [2.45, 2.75) is 25.6 Å². The number of hydrogen-bond acceptors (Lipinski definition) is 6. The van der Waals surface area contributed by atoms with E-state index < -0.39 is 12.2 Å². The predicted molar refractivity (Wildman–Crippen MR) is 67.4 cm³/mol. The third kappa shape index (κ3) is 4.33. The number of nitrogens with two attached hydrogens (primary N) is 1. The van der Waals surface area contributed by atoms with Crippen LogP contribution in [0.15, 0.2) is 18.5 Å². The van der Waals surface area contributed by atoms with Gasteiger partial charge in [0, 0.05) is 36.3 Å². The summed E-state index contributed by atoms with van der Waals surface area (Å²) < 4.78 is 0. The molecule has 0 radical (unpaired) electrons. The van der Waals surface area contributed by atoms with Gasteiger partial charge < -0.3 is 15.9 Å². The number of hydrogen-bond donors (Lipinski definition) is 3. The van der Waals surface area contributed by atoms with Crippen LogP contribution < -0.4 is 5.73 Å². The molecule has 0 aromatic carbocycles. The molecule has 1 aromatic rings. The average molecular weight is 256 g/mol. The minimum atomic E-state index is -1.07. The summed E-state index contributed by atoms with van der Waals surface area (Å²) in [6, 6.07) is 1.57. The van der Waals surface area contributed by atoms with Gasteiger partial charge in [-0.25, -0.2) is 0 Å². The summed E-state index contributed by atoms with van der Waals surface area (Å²) in [5, 5.41) is 19.6. The molecule has 0 spiro atoms. The molecule has 0 aliphatic rings. The lowest BCUT2D eigenvalue weighted by Crippen LogP contribution is -2.20. The van der Waals surface area contributed by atoms with Crippen LogP contribution in [0.3, 0.4) is 0 Å². The Morgan fingerprint density at radius 2 is 2.29 bits per heavy atom. The molecule has 0 saturated carbocycles. The molecule has 0 fully saturated rings. The third-order valence-electron chi connectivity index (χ3n) is 2.29. The molecule has 0 amide bonds. The van der Waals surface area contributed by atoms with Crippen LogP contribution in [0.2, 0.25) is 0 Å². The van der Waals surface area contributed by atoms with Crippen LogP contribution in [-0.2, 0) is 4.79 Å². The first-order valence-corrected chi connectivity index (χ1v) is 6.19. The average Bonchev–Trinajstić information content (AvgIpc) is 2.28. The number of carbonyl (C=O) groups excluding carboxylic acids is 1. The van der Waals surface area contributed by atoms with E-state index in [4.69, 9.17) is 5.73 Å². The first-order chi connectivity index (χ1) is 8.02. The van der Waals surface area contributed by atoms with E-state index in [1.54, 1.807) is 6.07 Å². The fraction of sp³-hybridized carbons (Fsp3) is 0.455. The maximum absolute atomic E-state index is 10.7. The number of nitrogen functional groups attached to an aromatic ring is 1. The maximum Gasteiger partial charge on any atom is 0.185 e. The quantitative estimate of drug-likeness (QED) is 0.718. The van der Waals surface area contributed by atoms with E-state index in [0.717, 1.165) is 11.8 Å². The molecule has 4 N–H and O–H groups in total. The molecular formula is C11H16N2O3S. The van der Waals surface area contributed by atoms with Gasteiger partial charge in [-0.2, -0.15) is 0 Å². The van der Waals surface area contributed by atoms with E-state index in [1.165, 1.54) is 19.3 Å². The highest BCUT2D eigenvalue weighted by molar-refractivity contribution is 8.13. The molecule has 1 rings (SSSR count). The van der Waals surface area contributed by atoms with Crippen LogP contribution >= 0.6 is 11.8 Å². The van der Waals surface area contributed by atoms with E-state index in [0.29, 0.717) is 23.4 Å². The number of aromatic nitrogens is 1. The zero-order chi connectivity index (χ0) is 12.8. The third-order valence-corrected chi connectivity index (χ3v) is 3.14. The monoisotopic (exact) mass is 256 g/mol. The Balaban J connectivity index is 2.55. The number of aliphatic hydroxyl groups is 2. The van der Waals surface area contributed by atoms with Gasteiger partial charge in [-0.05, 0) is 12.5 Å². The summed E-state index contributed by atoms with van der Waals surface area (Å²) in [5.41, 5.74) is 6.47. The van der Waals surface area contributed by atoms with Gasteiger partial charge in [0.15, 0.2) is 5.12 Å². The van der Waals surface area contributed by atoms with Crippen molar-refractivity contribution in [3.05, 3.63) is 24.0 Å². The normalized spacial score (nSPS) is 14.3. The molecule has 0 aliphatic heterocycles. The van der Waals surface area contributed by atoms with E-state index in [9.17, 15) is 15.0 Å². The predicted octanol–water partition coefficient (Wildman–Crippen LogP) is 0.728. The van der Waals surface area contributed by atoms with Crippen molar-refractivity contribution in [1.29, 1.82) is 0 Å². The maximum atomic E-state index is 10.7. The van der Waals surface area contributed by atoms with Crippen LogP contribution in [0, 0.1) is 0 Å². The van der Waals surface area contributed by atoms with E-state index in [-0.39, 0.29) is 5.12 Å². The van der Waals surface area contributed by atoms with E-state index in [2.05, 4.69) is 4.98 Å². The molecular weight excluding hydrogens is 240 g/mol. The number of carbonyl (C=O) groups is 1. The molecule has 0 aliphatic carbocycles. The Labute approximate surface area is 104 Å². The Kier molecular flexibility index (Phi) is 5.40. The largest absolute Gasteiger partial charge is 0.398 e. The summed E-state index contributed by atoms with van der Waals surface area (Å²) in [4.78, 5) is 14.6. The van der Waals surface area contributed by atoms with Gasteiger partial charge in [0.25, 0.3) is 0 Å². The van der Waals surface area contributed by atoms with Crippen molar-refractivity contribution >= 4 is 22.6 Å². The topological polar surface area (TPSA) is 96.4 Å². The summed E-state index contributed by atoms with van der Waals surface area (Å²) in [6.45, 7) is 1.46. The van der Waals surface area contributed by atoms with Gasteiger partial charge in [-0.3, -0.25) is 9.78 Å². The summed E-state index contributed by atoms with van der Waals surface area (Å²) in [7, 11) is 0. The standard InChI is InChI=1S/C11H16N2O3S/c1-7(14)17-5-3-10(15)11(16)8-6-13-4-2-9(8)12/h2,4,6,10-11,15-16H,3,5H2,1H3,(H2,12,13). The minimum Gasteiger partial charge on any atom is -0.398 e. The van der Waals surface area contributed by atoms with E-state index in [1.807, 2.05) is 0 Å². The number of rotatable bonds is 5. The Bertz CT molecular complexity index is 387. The lowest BCUT2D eigenvalue weighted by Gasteiger charge is -2.18. The lowest BCUT2D eigenvalue weighted by molar-refractivity contribution is -0.109. The van der Waals surface area contributed by atoms with Gasteiger partial charge in [0.05, 0.1) is 6.10 Å². The zero-order valence-corrected chi connectivity index (χ0v) is 10.4. The number of nitrogens with zero attached hydrogens (tertiary/aromatic N) is 1. The SMILES string of the molecule is CC(=O)SCCC(O)C(O)c1cnccc1N. The number of anilines is 1. The first-order valence-electron chi connectivity index (χ1n) is 5.21. The Morgan fingerprint density at radius 3 is 2.88 bits per heavy atom. The van der Waals surface area contributed by atoms with Crippen molar-refractivity contribution in [3.8, 4) is 0 Å². The molecule has 17 heavy (non-hydrogen) atoms. The van der Waals surface area contributed by atoms with E-state index >= 15 is 0 Å². The van der Waals surface area contributed by atoms with Crippen LogP contribution in [0.5, 0.6) is 0 Å².